The zero-order chi connectivity index (χ0) is 10.3. The molecule has 0 bridgehead atoms. The standard InChI is InChI=1S/C12H14O2/c1-8(13)12(2)7-9-5-3-4-6-10(9)11(12)14/h3-6,8,13H,7H2,1-2H3/t8-,12+/m0/s1. The van der Waals surface area contributed by atoms with E-state index < -0.39 is 11.5 Å². The Balaban J connectivity index is 2.49. The second-order valence-corrected chi connectivity index (χ2v) is 4.26. The fraction of sp³-hybridized carbons (Fsp3) is 0.417. The first-order valence-electron chi connectivity index (χ1n) is 4.86. The molecule has 2 nitrogen and oxygen atoms in total. The zero-order valence-electron chi connectivity index (χ0n) is 8.45. The minimum Gasteiger partial charge on any atom is -0.392 e. The Bertz CT molecular complexity index is 382. The SMILES string of the molecule is C[C@H](O)[C@@]1(C)Cc2ccccc2C1=O. The van der Waals surface area contributed by atoms with Crippen molar-refractivity contribution in [3.63, 3.8) is 0 Å². The Kier molecular flexibility index (Phi) is 1.96. The van der Waals surface area contributed by atoms with Crippen molar-refractivity contribution in [3.8, 4) is 0 Å². The first-order valence-corrected chi connectivity index (χ1v) is 4.86. The number of hydrogen-bond donors (Lipinski definition) is 1. The van der Waals surface area contributed by atoms with E-state index in [9.17, 15) is 9.90 Å². The van der Waals surface area contributed by atoms with E-state index in [1.165, 1.54) is 0 Å². The Morgan fingerprint density at radius 3 is 2.64 bits per heavy atom. The second kappa shape index (κ2) is 2.92. The van der Waals surface area contributed by atoms with Gasteiger partial charge in [-0.25, -0.2) is 0 Å². The molecule has 2 heteroatoms. The van der Waals surface area contributed by atoms with Gasteiger partial charge in [-0.1, -0.05) is 24.3 Å². The number of carbonyl (C=O) groups excluding carboxylic acids is 1. The van der Waals surface area contributed by atoms with Crippen LogP contribution >= 0.6 is 0 Å². The summed E-state index contributed by atoms with van der Waals surface area (Å²) in [6.07, 6.45) is 0.0575. The van der Waals surface area contributed by atoms with Crippen LogP contribution in [0.5, 0.6) is 0 Å². The van der Waals surface area contributed by atoms with Gasteiger partial charge in [-0.05, 0) is 25.8 Å². The number of ketones is 1. The fourth-order valence-electron chi connectivity index (χ4n) is 2.02. The minimum atomic E-state index is -0.621. The highest BCUT2D eigenvalue weighted by Crippen LogP contribution is 2.38. The predicted octanol–water partition coefficient (Wildman–Crippen LogP) is 1.81. The van der Waals surface area contributed by atoms with Crippen molar-refractivity contribution in [2.24, 2.45) is 5.41 Å². The van der Waals surface area contributed by atoms with Crippen molar-refractivity contribution in [3.05, 3.63) is 35.4 Å². The quantitative estimate of drug-likeness (QED) is 0.733. The highest BCUT2D eigenvalue weighted by atomic mass is 16.3. The molecule has 1 aliphatic rings. The molecule has 74 valence electrons. The molecule has 1 aromatic carbocycles. The molecule has 0 radical (unpaired) electrons. The number of carbonyl (C=O) groups is 1. The molecule has 0 heterocycles. The second-order valence-electron chi connectivity index (χ2n) is 4.26. The summed E-state index contributed by atoms with van der Waals surface area (Å²) in [6, 6.07) is 7.59. The van der Waals surface area contributed by atoms with Gasteiger partial charge in [-0.3, -0.25) is 4.79 Å². The van der Waals surface area contributed by atoms with Gasteiger partial charge >= 0.3 is 0 Å². The number of rotatable bonds is 1. The number of benzene rings is 1. The molecule has 0 spiro atoms. The monoisotopic (exact) mass is 190 g/mol. The first-order chi connectivity index (χ1) is 6.55. The van der Waals surface area contributed by atoms with Gasteiger partial charge in [0.15, 0.2) is 5.78 Å². The molecule has 1 N–H and O–H groups in total. The van der Waals surface area contributed by atoms with E-state index >= 15 is 0 Å². The summed E-state index contributed by atoms with van der Waals surface area (Å²) in [7, 11) is 0. The highest BCUT2D eigenvalue weighted by Gasteiger charge is 2.44. The Labute approximate surface area is 83.6 Å². The number of Topliss-reactive ketones (excluding diaryl/α,β-unsaturated/α-hetero) is 1. The average Bonchev–Trinajstić information content (AvgIpc) is 2.42. The lowest BCUT2D eigenvalue weighted by atomic mass is 9.81. The number of aliphatic hydroxyl groups excluding tert-OH is 1. The Morgan fingerprint density at radius 2 is 2.07 bits per heavy atom. The molecule has 0 saturated carbocycles. The van der Waals surface area contributed by atoms with Crippen LogP contribution < -0.4 is 0 Å². The molecule has 0 unspecified atom stereocenters. The molecule has 2 rings (SSSR count). The van der Waals surface area contributed by atoms with E-state index in [0.29, 0.717) is 6.42 Å². The lowest BCUT2D eigenvalue weighted by Gasteiger charge is -2.25. The van der Waals surface area contributed by atoms with Crippen LogP contribution in [0.15, 0.2) is 24.3 Å². The minimum absolute atomic E-state index is 0.0723. The van der Waals surface area contributed by atoms with E-state index in [1.807, 2.05) is 31.2 Å². The van der Waals surface area contributed by atoms with Crippen LogP contribution in [0, 0.1) is 5.41 Å². The third-order valence-corrected chi connectivity index (χ3v) is 3.26. The Hall–Kier alpha value is -1.15. The van der Waals surface area contributed by atoms with Crippen molar-refractivity contribution in [2.45, 2.75) is 26.4 Å². The molecule has 0 saturated heterocycles. The van der Waals surface area contributed by atoms with Crippen LogP contribution in [-0.4, -0.2) is 17.0 Å². The lowest BCUT2D eigenvalue weighted by Crippen LogP contribution is -2.35. The van der Waals surface area contributed by atoms with Crippen LogP contribution in [-0.2, 0) is 6.42 Å². The average molecular weight is 190 g/mol. The molecule has 2 atom stereocenters. The molecule has 0 aliphatic heterocycles. The fourth-order valence-corrected chi connectivity index (χ4v) is 2.02. The van der Waals surface area contributed by atoms with E-state index in [1.54, 1.807) is 6.92 Å². The van der Waals surface area contributed by atoms with Crippen molar-refractivity contribution in [2.75, 3.05) is 0 Å². The van der Waals surface area contributed by atoms with Crippen molar-refractivity contribution in [1.82, 2.24) is 0 Å². The van der Waals surface area contributed by atoms with Crippen LogP contribution in [0.25, 0.3) is 0 Å². The number of fused-ring (bicyclic) bond motifs is 1. The van der Waals surface area contributed by atoms with Crippen LogP contribution in [0.4, 0.5) is 0 Å². The summed E-state index contributed by atoms with van der Waals surface area (Å²) in [4.78, 5) is 12.0. The third kappa shape index (κ3) is 1.11. The highest BCUT2D eigenvalue weighted by molar-refractivity contribution is 6.05. The summed E-state index contributed by atoms with van der Waals surface area (Å²) in [6.45, 7) is 3.52. The maximum absolute atomic E-state index is 12.0. The van der Waals surface area contributed by atoms with Gasteiger partial charge in [0.25, 0.3) is 0 Å². The van der Waals surface area contributed by atoms with Gasteiger partial charge in [0.2, 0.25) is 0 Å². The third-order valence-electron chi connectivity index (χ3n) is 3.26. The summed E-state index contributed by atoms with van der Waals surface area (Å²) in [5, 5.41) is 9.63. The van der Waals surface area contributed by atoms with Gasteiger partial charge in [-0.15, -0.1) is 0 Å². The van der Waals surface area contributed by atoms with Crippen LogP contribution in [0.1, 0.15) is 29.8 Å². The molecule has 0 aromatic heterocycles. The smallest absolute Gasteiger partial charge is 0.171 e. The molecular weight excluding hydrogens is 176 g/mol. The summed E-state index contributed by atoms with van der Waals surface area (Å²) < 4.78 is 0. The number of hydrogen-bond acceptors (Lipinski definition) is 2. The zero-order valence-corrected chi connectivity index (χ0v) is 8.45. The van der Waals surface area contributed by atoms with E-state index in [0.717, 1.165) is 11.1 Å². The van der Waals surface area contributed by atoms with E-state index in [-0.39, 0.29) is 5.78 Å². The normalized spacial score (nSPS) is 27.5. The molecule has 14 heavy (non-hydrogen) atoms. The van der Waals surface area contributed by atoms with E-state index in [2.05, 4.69) is 0 Å². The summed E-state index contributed by atoms with van der Waals surface area (Å²) >= 11 is 0. The van der Waals surface area contributed by atoms with Crippen molar-refractivity contribution in [1.29, 1.82) is 0 Å². The molecular formula is C12H14O2. The summed E-state index contributed by atoms with van der Waals surface area (Å²) in [5.41, 5.74) is 1.21. The van der Waals surface area contributed by atoms with Crippen LogP contribution in [0.2, 0.25) is 0 Å². The van der Waals surface area contributed by atoms with Gasteiger partial charge in [0, 0.05) is 5.56 Å². The molecule has 1 aliphatic carbocycles. The maximum atomic E-state index is 12.0. The molecule has 1 aromatic rings. The van der Waals surface area contributed by atoms with Crippen LogP contribution in [0.3, 0.4) is 0 Å². The Morgan fingerprint density at radius 1 is 1.43 bits per heavy atom. The molecule has 0 amide bonds. The topological polar surface area (TPSA) is 37.3 Å². The summed E-state index contributed by atoms with van der Waals surface area (Å²) in [5.74, 6) is 0.0723. The number of aliphatic hydroxyl groups is 1. The van der Waals surface area contributed by atoms with Crippen molar-refractivity contribution >= 4 is 5.78 Å². The van der Waals surface area contributed by atoms with Gasteiger partial charge in [-0.2, -0.15) is 0 Å². The van der Waals surface area contributed by atoms with Gasteiger partial charge < -0.3 is 5.11 Å². The van der Waals surface area contributed by atoms with Gasteiger partial charge in [0.1, 0.15) is 0 Å². The van der Waals surface area contributed by atoms with Crippen molar-refractivity contribution < 1.29 is 9.90 Å². The van der Waals surface area contributed by atoms with Gasteiger partial charge in [0.05, 0.1) is 11.5 Å². The lowest BCUT2D eigenvalue weighted by molar-refractivity contribution is 0.0448. The predicted molar refractivity (Wildman–Crippen MR) is 54.3 cm³/mol. The van der Waals surface area contributed by atoms with E-state index in [4.69, 9.17) is 0 Å². The maximum Gasteiger partial charge on any atom is 0.171 e. The first kappa shape index (κ1) is 9.41. The molecule has 0 fully saturated rings. The largest absolute Gasteiger partial charge is 0.392 e.